The number of esters is 1. The number of carbonyl (C=O) groups excluding carboxylic acids is 1. The molecule has 9 nitrogen and oxygen atoms in total. The Morgan fingerprint density at radius 2 is 1.97 bits per heavy atom. The highest BCUT2D eigenvalue weighted by Crippen LogP contribution is 2.39. The van der Waals surface area contributed by atoms with Gasteiger partial charge >= 0.3 is 5.97 Å². The average Bonchev–Trinajstić information content (AvgIpc) is 3.72. The van der Waals surface area contributed by atoms with Gasteiger partial charge in [0.25, 0.3) is 11.5 Å². The first kappa shape index (κ1) is 23.9. The number of ether oxygens (including phenoxy) is 1. The normalized spacial score (nSPS) is 21.1. The Hall–Kier alpha value is -3.47. The first-order valence-corrected chi connectivity index (χ1v) is 12.6. The summed E-state index contributed by atoms with van der Waals surface area (Å²) < 4.78 is 34.0. The number of nitrogens with one attached hydrogen (secondary N) is 2. The molecular weight excluding hydrogens is 506 g/mol. The summed E-state index contributed by atoms with van der Waals surface area (Å²) in [5.74, 6) is -2.28. The second kappa shape index (κ2) is 8.83. The summed E-state index contributed by atoms with van der Waals surface area (Å²) in [6.45, 7) is 0.505. The van der Waals surface area contributed by atoms with E-state index < -0.39 is 17.5 Å². The summed E-state index contributed by atoms with van der Waals surface area (Å²) in [5.41, 5.74) is 1.29. The maximum atomic E-state index is 13.6. The predicted octanol–water partition coefficient (Wildman–Crippen LogP) is 4.32. The van der Waals surface area contributed by atoms with Crippen molar-refractivity contribution in [3.05, 3.63) is 45.3 Å². The van der Waals surface area contributed by atoms with Crippen LogP contribution in [-0.2, 0) is 11.8 Å². The second-order valence-corrected chi connectivity index (χ2v) is 10.3. The molecule has 1 saturated carbocycles. The Morgan fingerprint density at radius 1 is 1.22 bits per heavy atom. The van der Waals surface area contributed by atoms with Crippen molar-refractivity contribution in [2.75, 3.05) is 35.2 Å². The lowest BCUT2D eigenvalue weighted by Crippen LogP contribution is -2.40. The van der Waals surface area contributed by atoms with Crippen molar-refractivity contribution in [2.45, 2.75) is 37.6 Å². The van der Waals surface area contributed by atoms with Gasteiger partial charge in [-0.2, -0.15) is 4.98 Å². The molecule has 1 aromatic carbocycles. The number of carbonyl (C=O) groups is 1. The van der Waals surface area contributed by atoms with Gasteiger partial charge < -0.3 is 24.8 Å². The number of aromatic nitrogens is 3. The van der Waals surface area contributed by atoms with Gasteiger partial charge in [-0.15, -0.1) is 0 Å². The SMILES string of the molecule is Cn1c(=O)c2c(c3cc(Nc4nc(N5CCC(F)(F)CC5)ncc4Cl)ccc31)NC(C1CC1)COC2=O. The minimum Gasteiger partial charge on any atom is -0.460 e. The number of rotatable bonds is 4. The zero-order valence-electron chi connectivity index (χ0n) is 20.1. The summed E-state index contributed by atoms with van der Waals surface area (Å²) in [7, 11) is 1.62. The fraction of sp³-hybridized carbons (Fsp3) is 0.440. The van der Waals surface area contributed by atoms with Gasteiger partial charge in [0, 0.05) is 44.1 Å². The molecule has 1 saturated heterocycles. The van der Waals surface area contributed by atoms with Crippen molar-refractivity contribution in [1.82, 2.24) is 14.5 Å². The number of pyridine rings is 1. The zero-order valence-corrected chi connectivity index (χ0v) is 20.8. The van der Waals surface area contributed by atoms with Crippen molar-refractivity contribution in [2.24, 2.45) is 13.0 Å². The number of halogens is 3. The van der Waals surface area contributed by atoms with Crippen molar-refractivity contribution >= 4 is 51.6 Å². The lowest BCUT2D eigenvalue weighted by Gasteiger charge is -2.31. The molecule has 2 aliphatic heterocycles. The van der Waals surface area contributed by atoms with E-state index >= 15 is 0 Å². The molecule has 6 rings (SSSR count). The number of piperidine rings is 1. The number of benzene rings is 1. The van der Waals surface area contributed by atoms with Crippen LogP contribution >= 0.6 is 11.6 Å². The van der Waals surface area contributed by atoms with Gasteiger partial charge in [-0.3, -0.25) is 4.79 Å². The summed E-state index contributed by atoms with van der Waals surface area (Å²) >= 11 is 6.37. The maximum absolute atomic E-state index is 13.6. The quantitative estimate of drug-likeness (QED) is 0.481. The predicted molar refractivity (Wildman–Crippen MR) is 136 cm³/mol. The Balaban J connectivity index is 1.37. The zero-order chi connectivity index (χ0) is 25.9. The molecule has 194 valence electrons. The van der Waals surface area contributed by atoms with Gasteiger partial charge in [0.1, 0.15) is 17.2 Å². The number of nitrogens with zero attached hydrogens (tertiary/aromatic N) is 4. The van der Waals surface area contributed by atoms with Crippen molar-refractivity contribution in [3.8, 4) is 0 Å². The number of aryl methyl sites for hydroxylation is 1. The number of alkyl halides is 2. The number of hydrogen-bond acceptors (Lipinski definition) is 8. The van der Waals surface area contributed by atoms with Crippen LogP contribution < -0.4 is 21.1 Å². The van der Waals surface area contributed by atoms with Gasteiger partial charge in [0.2, 0.25) is 5.95 Å². The minimum absolute atomic E-state index is 0.0143. The van der Waals surface area contributed by atoms with Crippen LogP contribution in [0, 0.1) is 5.92 Å². The van der Waals surface area contributed by atoms with Crippen molar-refractivity contribution in [1.29, 1.82) is 0 Å². The molecule has 1 aliphatic carbocycles. The highest BCUT2D eigenvalue weighted by Gasteiger charge is 2.37. The summed E-state index contributed by atoms with van der Waals surface area (Å²) in [6.07, 6.45) is 3.02. The highest BCUT2D eigenvalue weighted by atomic mass is 35.5. The Labute approximate surface area is 215 Å². The Morgan fingerprint density at radius 3 is 2.70 bits per heavy atom. The van der Waals surface area contributed by atoms with Crippen LogP contribution in [0.25, 0.3) is 10.9 Å². The lowest BCUT2D eigenvalue weighted by molar-refractivity contribution is -0.0222. The van der Waals surface area contributed by atoms with Gasteiger partial charge in [-0.1, -0.05) is 11.6 Å². The smallest absolute Gasteiger partial charge is 0.346 e. The van der Waals surface area contributed by atoms with Crippen LogP contribution in [0.2, 0.25) is 5.02 Å². The van der Waals surface area contributed by atoms with Crippen LogP contribution in [0.3, 0.4) is 0 Å². The Bertz CT molecular complexity index is 1470. The van der Waals surface area contributed by atoms with Crippen LogP contribution in [0.5, 0.6) is 0 Å². The number of hydrogen-bond donors (Lipinski definition) is 2. The molecule has 2 fully saturated rings. The van der Waals surface area contributed by atoms with E-state index in [1.165, 1.54) is 10.8 Å². The third-order valence-corrected chi connectivity index (χ3v) is 7.56. The topological polar surface area (TPSA) is 101 Å². The van der Waals surface area contributed by atoms with Crippen LogP contribution in [0.4, 0.5) is 31.9 Å². The first-order valence-electron chi connectivity index (χ1n) is 12.2. The van der Waals surface area contributed by atoms with E-state index in [9.17, 15) is 18.4 Å². The summed E-state index contributed by atoms with van der Waals surface area (Å²) in [5, 5.41) is 7.54. The molecule has 4 heterocycles. The number of anilines is 4. The molecule has 12 heteroatoms. The van der Waals surface area contributed by atoms with Crippen molar-refractivity contribution < 1.29 is 18.3 Å². The molecule has 2 N–H and O–H groups in total. The fourth-order valence-corrected chi connectivity index (χ4v) is 5.09. The van der Waals surface area contributed by atoms with Gasteiger partial charge in [-0.25, -0.2) is 18.6 Å². The minimum atomic E-state index is -2.67. The molecule has 1 atom stereocenters. The Kier molecular flexibility index (Phi) is 5.70. The molecule has 37 heavy (non-hydrogen) atoms. The van der Waals surface area contributed by atoms with Crippen LogP contribution in [-0.4, -0.2) is 52.2 Å². The van der Waals surface area contributed by atoms with Crippen molar-refractivity contribution in [3.63, 3.8) is 0 Å². The lowest BCUT2D eigenvalue weighted by atomic mass is 10.1. The summed E-state index contributed by atoms with van der Waals surface area (Å²) in [4.78, 5) is 36.3. The highest BCUT2D eigenvalue weighted by molar-refractivity contribution is 6.33. The van der Waals surface area contributed by atoms with E-state index in [1.54, 1.807) is 24.1 Å². The van der Waals surface area contributed by atoms with E-state index in [-0.39, 0.29) is 49.2 Å². The molecule has 0 spiro atoms. The standard InChI is InChI=1S/C25H25ClF2N6O3/c1-33-18-5-4-14(30-21-16(26)11-29-24(32-21)34-8-6-25(27,28)7-9-34)10-15(18)20-19(22(33)35)23(36)37-12-17(31-20)13-2-3-13/h4-5,10-11,13,17,31H,2-3,6-9,12H2,1H3,(H,29,30,32). The molecular formula is C25H25ClF2N6O3. The third-order valence-electron chi connectivity index (χ3n) is 7.29. The largest absolute Gasteiger partial charge is 0.460 e. The maximum Gasteiger partial charge on any atom is 0.346 e. The molecule has 0 bridgehead atoms. The molecule has 3 aromatic rings. The number of cyclic esters (lactones) is 1. The molecule has 1 unspecified atom stereocenters. The van der Waals surface area contributed by atoms with Gasteiger partial charge in [0.05, 0.1) is 23.4 Å². The van der Waals surface area contributed by atoms with E-state index in [0.717, 1.165) is 12.8 Å². The first-order chi connectivity index (χ1) is 17.7. The van der Waals surface area contributed by atoms with Crippen LogP contribution in [0.15, 0.2) is 29.2 Å². The molecule has 0 amide bonds. The van der Waals surface area contributed by atoms with E-state index in [4.69, 9.17) is 16.3 Å². The van der Waals surface area contributed by atoms with Gasteiger partial charge in [0.15, 0.2) is 5.82 Å². The van der Waals surface area contributed by atoms with E-state index in [2.05, 4.69) is 20.6 Å². The molecule has 3 aliphatic rings. The van der Waals surface area contributed by atoms with E-state index in [0.29, 0.717) is 40.0 Å². The second-order valence-electron chi connectivity index (χ2n) is 9.87. The fourth-order valence-electron chi connectivity index (χ4n) is 4.95. The van der Waals surface area contributed by atoms with Gasteiger partial charge in [-0.05, 0) is 37.0 Å². The average molecular weight is 531 g/mol. The van der Waals surface area contributed by atoms with Crippen LogP contribution in [0.1, 0.15) is 36.0 Å². The number of fused-ring (bicyclic) bond motifs is 3. The monoisotopic (exact) mass is 530 g/mol. The third kappa shape index (κ3) is 4.45. The van der Waals surface area contributed by atoms with E-state index in [1.807, 2.05) is 6.07 Å². The molecule has 0 radical (unpaired) electrons. The summed E-state index contributed by atoms with van der Waals surface area (Å²) in [6, 6.07) is 5.32. The molecule has 2 aromatic heterocycles.